The number of hydrogen-bond acceptors (Lipinski definition) is 5. The molecule has 0 rings (SSSR count). The first-order chi connectivity index (χ1) is 31.5. The van der Waals surface area contributed by atoms with Gasteiger partial charge in [-0.25, -0.2) is 4.57 Å². The van der Waals surface area contributed by atoms with Crippen molar-refractivity contribution < 1.29 is 32.9 Å². The van der Waals surface area contributed by atoms with Gasteiger partial charge in [-0.15, -0.1) is 0 Å². The maximum Gasteiger partial charge on any atom is 0.472 e. The first-order valence-electron chi connectivity index (χ1n) is 26.1. The second kappa shape index (κ2) is 46.5. The van der Waals surface area contributed by atoms with Crippen molar-refractivity contribution >= 4 is 13.7 Å². The number of nitrogens with one attached hydrogen (secondary N) is 1. The van der Waals surface area contributed by atoms with Crippen LogP contribution in [0.2, 0.25) is 0 Å². The van der Waals surface area contributed by atoms with Gasteiger partial charge in [0.2, 0.25) is 5.91 Å². The first-order valence-corrected chi connectivity index (χ1v) is 27.6. The first kappa shape index (κ1) is 62.4. The van der Waals surface area contributed by atoms with Gasteiger partial charge >= 0.3 is 7.82 Å². The van der Waals surface area contributed by atoms with E-state index in [-0.39, 0.29) is 19.1 Å². The molecule has 65 heavy (non-hydrogen) atoms. The number of phosphoric ester groups is 1. The molecule has 0 saturated heterocycles. The molecule has 0 aliphatic carbocycles. The lowest BCUT2D eigenvalue weighted by atomic mass is 10.0. The Bertz CT molecular complexity index is 1370. The van der Waals surface area contributed by atoms with Gasteiger partial charge in [-0.3, -0.25) is 13.8 Å². The number of rotatable bonds is 46. The van der Waals surface area contributed by atoms with Crippen LogP contribution in [-0.2, 0) is 18.4 Å². The van der Waals surface area contributed by atoms with Gasteiger partial charge in [0.25, 0.3) is 0 Å². The van der Waals surface area contributed by atoms with Gasteiger partial charge in [0.15, 0.2) is 0 Å². The average Bonchev–Trinajstić information content (AvgIpc) is 3.26. The van der Waals surface area contributed by atoms with Crippen molar-refractivity contribution in [3.05, 3.63) is 97.2 Å². The Morgan fingerprint density at radius 2 is 0.938 bits per heavy atom. The molecule has 0 heterocycles. The number of carbonyl (C=O) groups is 1. The molecule has 0 radical (unpaired) electrons. The van der Waals surface area contributed by atoms with Crippen molar-refractivity contribution in [3.8, 4) is 0 Å². The molecule has 3 unspecified atom stereocenters. The van der Waals surface area contributed by atoms with Crippen LogP contribution in [0.15, 0.2) is 97.2 Å². The molecule has 9 heteroatoms. The highest BCUT2D eigenvalue weighted by Gasteiger charge is 2.27. The summed E-state index contributed by atoms with van der Waals surface area (Å²) in [4.78, 5) is 23.1. The molecular formula is C56H100N2O6P+. The van der Waals surface area contributed by atoms with Crippen molar-refractivity contribution in [3.63, 3.8) is 0 Å². The number of nitrogens with zero attached hydrogens (tertiary/aromatic N) is 1. The minimum absolute atomic E-state index is 0.0522. The molecule has 0 aliphatic rings. The van der Waals surface area contributed by atoms with Crippen molar-refractivity contribution in [2.45, 2.75) is 212 Å². The molecule has 0 aliphatic heterocycles. The molecule has 0 aromatic carbocycles. The van der Waals surface area contributed by atoms with Gasteiger partial charge in [0.05, 0.1) is 39.9 Å². The lowest BCUT2D eigenvalue weighted by molar-refractivity contribution is -0.870. The Kier molecular flexibility index (Phi) is 44.7. The van der Waals surface area contributed by atoms with Crippen LogP contribution in [0.1, 0.15) is 200 Å². The molecule has 374 valence electrons. The van der Waals surface area contributed by atoms with Crippen LogP contribution in [-0.4, -0.2) is 73.4 Å². The second-order valence-corrected chi connectivity index (χ2v) is 20.0. The van der Waals surface area contributed by atoms with Crippen molar-refractivity contribution in [2.75, 3.05) is 40.9 Å². The Labute approximate surface area is 400 Å². The molecule has 1 amide bonds. The summed E-state index contributed by atoms with van der Waals surface area (Å²) in [6.45, 7) is 4.62. The summed E-state index contributed by atoms with van der Waals surface area (Å²) in [5.74, 6) is -0.194. The predicted octanol–water partition coefficient (Wildman–Crippen LogP) is 15.5. The molecule has 0 fully saturated rings. The second-order valence-electron chi connectivity index (χ2n) is 18.5. The van der Waals surface area contributed by atoms with E-state index in [0.717, 1.165) is 77.0 Å². The van der Waals surface area contributed by atoms with Crippen LogP contribution >= 0.6 is 7.82 Å². The fraction of sp³-hybridized carbons (Fsp3) is 0.696. The highest BCUT2D eigenvalue weighted by molar-refractivity contribution is 7.47. The van der Waals surface area contributed by atoms with Crippen molar-refractivity contribution in [2.24, 2.45) is 0 Å². The summed E-state index contributed by atoms with van der Waals surface area (Å²) >= 11 is 0. The number of likely N-dealkylation sites (N-methyl/N-ethyl adjacent to an activating group) is 1. The molecule has 0 spiro atoms. The Hall–Kier alpha value is -2.58. The van der Waals surface area contributed by atoms with E-state index in [4.69, 9.17) is 9.05 Å². The van der Waals surface area contributed by atoms with Crippen molar-refractivity contribution in [1.82, 2.24) is 5.32 Å². The summed E-state index contributed by atoms with van der Waals surface area (Å²) in [5.41, 5.74) is 0. The van der Waals surface area contributed by atoms with Gasteiger partial charge < -0.3 is 19.8 Å². The van der Waals surface area contributed by atoms with E-state index in [1.54, 1.807) is 6.08 Å². The monoisotopic (exact) mass is 928 g/mol. The van der Waals surface area contributed by atoms with Gasteiger partial charge in [0.1, 0.15) is 13.2 Å². The number of aliphatic hydroxyl groups is 1. The SMILES string of the molecule is CC/C=C\C/C=C\C/C=C\C/C=C\C/C=C\C/C=C\CCCCCCCCCCCCCCCCC(=O)NC(COP(=O)(O)OCC[N+](C)(C)C)C(O)/C=C/CC/C=C/CCCCCC. The van der Waals surface area contributed by atoms with Crippen molar-refractivity contribution in [1.29, 1.82) is 0 Å². The summed E-state index contributed by atoms with van der Waals surface area (Å²) in [7, 11) is 1.54. The molecular weight excluding hydrogens is 828 g/mol. The third kappa shape index (κ3) is 49.2. The van der Waals surface area contributed by atoms with Crippen LogP contribution in [0, 0.1) is 0 Å². The summed E-state index contributed by atoms with van der Waals surface area (Å²) in [5, 5.41) is 13.8. The average molecular weight is 928 g/mol. The number of unbranched alkanes of at least 4 members (excludes halogenated alkanes) is 19. The number of aliphatic hydroxyl groups excluding tert-OH is 1. The van der Waals surface area contributed by atoms with Crippen LogP contribution in [0.25, 0.3) is 0 Å². The standard InChI is InChI=1S/C56H99N2O6P/c1-6-8-10-12-14-16-18-19-20-21-22-23-24-25-26-27-28-29-30-31-32-33-34-35-36-37-38-39-40-42-44-46-48-50-56(60)57-54(53-64-65(61,62)63-52-51-58(3,4)5)55(59)49-47-45-43-41-17-15-13-11-9-7-2/h8,10,14,16-17,19-20,22-23,25-26,28-29,41,47,49,54-55,59H,6-7,9,11-13,15,18,21,24,27,30-40,42-46,48,50-53H2,1-5H3,(H-,57,60,61,62)/p+1/b10-8-,16-14-,20-19-,23-22-,26-25-,29-28-,41-17+,49-47+. The summed E-state index contributed by atoms with van der Waals surface area (Å²) < 4.78 is 23.5. The van der Waals surface area contributed by atoms with Gasteiger partial charge in [-0.05, 0) is 83.5 Å². The Morgan fingerprint density at radius 1 is 0.538 bits per heavy atom. The molecule has 3 N–H and O–H groups in total. The number of carbonyl (C=O) groups excluding carboxylic acids is 1. The number of quaternary nitrogens is 1. The highest BCUT2D eigenvalue weighted by Crippen LogP contribution is 2.43. The van der Waals surface area contributed by atoms with Gasteiger partial charge in [-0.1, -0.05) is 207 Å². The summed E-state index contributed by atoms with van der Waals surface area (Å²) in [6.07, 6.45) is 66.6. The molecule has 8 nitrogen and oxygen atoms in total. The fourth-order valence-electron chi connectivity index (χ4n) is 6.94. The zero-order valence-corrected chi connectivity index (χ0v) is 43.3. The minimum atomic E-state index is -4.35. The van der Waals surface area contributed by atoms with Crippen LogP contribution in [0.5, 0.6) is 0 Å². The summed E-state index contributed by atoms with van der Waals surface area (Å²) in [6, 6.07) is -0.866. The zero-order chi connectivity index (χ0) is 47.8. The number of hydrogen-bond donors (Lipinski definition) is 3. The van der Waals surface area contributed by atoms with E-state index in [1.165, 1.54) is 103 Å². The smallest absolute Gasteiger partial charge is 0.387 e. The van der Waals surface area contributed by atoms with E-state index in [1.807, 2.05) is 27.2 Å². The quantitative estimate of drug-likeness (QED) is 0.0243. The lowest BCUT2D eigenvalue weighted by Gasteiger charge is -2.25. The Morgan fingerprint density at radius 3 is 1.42 bits per heavy atom. The molecule has 3 atom stereocenters. The third-order valence-electron chi connectivity index (χ3n) is 11.0. The fourth-order valence-corrected chi connectivity index (χ4v) is 7.68. The van der Waals surface area contributed by atoms with E-state index >= 15 is 0 Å². The highest BCUT2D eigenvalue weighted by atomic mass is 31.2. The predicted molar refractivity (Wildman–Crippen MR) is 281 cm³/mol. The minimum Gasteiger partial charge on any atom is -0.387 e. The van der Waals surface area contributed by atoms with E-state index in [9.17, 15) is 19.4 Å². The molecule has 0 bridgehead atoms. The molecule has 0 aromatic rings. The topological polar surface area (TPSA) is 105 Å². The number of amides is 1. The van der Waals surface area contributed by atoms with E-state index in [2.05, 4.69) is 104 Å². The van der Waals surface area contributed by atoms with E-state index in [0.29, 0.717) is 17.4 Å². The number of phosphoric acid groups is 1. The maximum absolute atomic E-state index is 12.9. The van der Waals surface area contributed by atoms with Gasteiger partial charge in [0, 0.05) is 6.42 Å². The zero-order valence-electron chi connectivity index (χ0n) is 42.4. The third-order valence-corrected chi connectivity index (χ3v) is 12.0. The lowest BCUT2D eigenvalue weighted by Crippen LogP contribution is -2.45. The van der Waals surface area contributed by atoms with Crippen LogP contribution in [0.3, 0.4) is 0 Å². The van der Waals surface area contributed by atoms with E-state index < -0.39 is 20.0 Å². The van der Waals surface area contributed by atoms with Crippen LogP contribution in [0.4, 0.5) is 0 Å². The maximum atomic E-state index is 12.9. The normalized spacial score (nSPS) is 14.9. The largest absolute Gasteiger partial charge is 0.472 e. The Balaban J connectivity index is 4.07. The number of allylic oxidation sites excluding steroid dienone is 15. The molecule has 0 saturated carbocycles. The molecule has 0 aromatic heterocycles. The van der Waals surface area contributed by atoms with Crippen LogP contribution < -0.4 is 5.32 Å². The van der Waals surface area contributed by atoms with Gasteiger partial charge in [-0.2, -0.15) is 0 Å².